The molecule has 0 unspecified atom stereocenters. The lowest BCUT2D eigenvalue weighted by Gasteiger charge is -2.06. The lowest BCUT2D eigenvalue weighted by atomic mass is 10.1. The second-order valence-electron chi connectivity index (χ2n) is 3.68. The van der Waals surface area contributed by atoms with E-state index in [4.69, 9.17) is 23.2 Å². The summed E-state index contributed by atoms with van der Waals surface area (Å²) in [5.74, 6) is -0.319. The van der Waals surface area contributed by atoms with E-state index in [0.717, 1.165) is 10.5 Å². The fraction of sp³-hybridized carbons (Fsp3) is 0.167. The molecule has 1 saturated heterocycles. The van der Waals surface area contributed by atoms with Gasteiger partial charge in [-0.05, 0) is 41.8 Å². The first-order chi connectivity index (χ1) is 8.08. The van der Waals surface area contributed by atoms with Crippen LogP contribution in [0.5, 0.6) is 0 Å². The normalized spacial score (nSPS) is 17.9. The minimum Gasteiger partial charge on any atom is -0.269 e. The van der Waals surface area contributed by atoms with Crippen LogP contribution in [0, 0.1) is 0 Å². The largest absolute Gasteiger partial charge is 0.323 e. The number of likely N-dealkylation sites (tertiary alicyclic amines) is 1. The fourth-order valence-electron chi connectivity index (χ4n) is 1.68. The molecule has 17 heavy (non-hydrogen) atoms. The quantitative estimate of drug-likeness (QED) is 0.446. The Labute approximate surface area is 109 Å². The Morgan fingerprint density at radius 3 is 2.47 bits per heavy atom. The molecule has 0 aromatic heterocycles. The zero-order chi connectivity index (χ0) is 12.4. The van der Waals surface area contributed by atoms with Crippen molar-refractivity contribution in [1.29, 1.82) is 0 Å². The molecule has 0 atom stereocenters. The second-order valence-corrected chi connectivity index (χ2v) is 4.44. The van der Waals surface area contributed by atoms with Crippen molar-refractivity contribution in [2.24, 2.45) is 0 Å². The Bertz CT molecular complexity index is 494. The molecule has 1 aliphatic rings. The lowest BCUT2D eigenvalue weighted by molar-refractivity contribution is -0.121. The molecule has 0 spiro atoms. The summed E-state index contributed by atoms with van der Waals surface area (Å²) in [6.45, 7) is 0.348. The van der Waals surface area contributed by atoms with Gasteiger partial charge in [-0.3, -0.25) is 14.5 Å². The van der Waals surface area contributed by atoms with Crippen molar-refractivity contribution in [2.45, 2.75) is 6.42 Å². The molecule has 0 N–H and O–H groups in total. The van der Waals surface area contributed by atoms with Crippen LogP contribution in [-0.2, 0) is 4.79 Å². The number of hydrogen-bond acceptors (Lipinski definition) is 2. The van der Waals surface area contributed by atoms with E-state index < -0.39 is 5.37 Å². The Balaban J connectivity index is 2.22. The molecule has 0 radical (unpaired) electrons. The van der Waals surface area contributed by atoms with Gasteiger partial charge in [0.1, 0.15) is 0 Å². The van der Waals surface area contributed by atoms with Crippen molar-refractivity contribution in [3.63, 3.8) is 0 Å². The molecule has 1 fully saturated rings. The molecule has 0 aliphatic carbocycles. The Hall–Kier alpha value is -1.32. The summed E-state index contributed by atoms with van der Waals surface area (Å²) in [7, 11) is 0. The van der Waals surface area contributed by atoms with Gasteiger partial charge in [0.25, 0.3) is 5.91 Å². The van der Waals surface area contributed by atoms with Gasteiger partial charge in [-0.15, -0.1) is 0 Å². The van der Waals surface area contributed by atoms with Gasteiger partial charge in [-0.2, -0.15) is 0 Å². The van der Waals surface area contributed by atoms with Crippen molar-refractivity contribution in [2.75, 3.05) is 6.54 Å². The number of halogens is 2. The number of amides is 2. The molecule has 0 bridgehead atoms. The Morgan fingerprint density at radius 1 is 1.29 bits per heavy atom. The van der Waals surface area contributed by atoms with Crippen LogP contribution in [0.4, 0.5) is 4.79 Å². The molecule has 88 valence electrons. The van der Waals surface area contributed by atoms with Crippen molar-refractivity contribution in [3.8, 4) is 0 Å². The van der Waals surface area contributed by atoms with E-state index >= 15 is 0 Å². The van der Waals surface area contributed by atoms with Crippen LogP contribution in [0.25, 0.3) is 6.08 Å². The molecular formula is C12H9Cl2NO2. The molecule has 5 heteroatoms. The van der Waals surface area contributed by atoms with Gasteiger partial charge in [0.05, 0.1) is 0 Å². The molecule has 1 aromatic rings. The third kappa shape index (κ3) is 2.68. The first-order valence-corrected chi connectivity index (χ1v) is 5.81. The van der Waals surface area contributed by atoms with Gasteiger partial charge >= 0.3 is 5.37 Å². The maximum atomic E-state index is 11.7. The average Bonchev–Trinajstić information content (AvgIpc) is 2.64. The summed E-state index contributed by atoms with van der Waals surface area (Å²) < 4.78 is 0. The van der Waals surface area contributed by atoms with Gasteiger partial charge < -0.3 is 0 Å². The molecule has 2 rings (SSSR count). The van der Waals surface area contributed by atoms with Crippen molar-refractivity contribution in [1.82, 2.24) is 4.90 Å². The van der Waals surface area contributed by atoms with Crippen LogP contribution < -0.4 is 0 Å². The highest BCUT2D eigenvalue weighted by Crippen LogP contribution is 2.22. The summed E-state index contributed by atoms with van der Waals surface area (Å²) in [6.07, 6.45) is 2.28. The zero-order valence-electron chi connectivity index (χ0n) is 8.82. The van der Waals surface area contributed by atoms with E-state index in [-0.39, 0.29) is 5.91 Å². The van der Waals surface area contributed by atoms with E-state index in [1.165, 1.54) is 0 Å². The zero-order valence-corrected chi connectivity index (χ0v) is 10.3. The third-order valence-corrected chi connectivity index (χ3v) is 3.00. The highest BCUT2D eigenvalue weighted by molar-refractivity contribution is 6.64. The van der Waals surface area contributed by atoms with Crippen LogP contribution in [0.1, 0.15) is 12.0 Å². The van der Waals surface area contributed by atoms with Crippen LogP contribution in [0.2, 0.25) is 5.02 Å². The third-order valence-electron chi connectivity index (χ3n) is 2.55. The van der Waals surface area contributed by atoms with Gasteiger partial charge in [0.15, 0.2) is 0 Å². The number of hydrogen-bond donors (Lipinski definition) is 0. The van der Waals surface area contributed by atoms with Gasteiger partial charge in [-0.1, -0.05) is 23.7 Å². The van der Waals surface area contributed by atoms with Crippen molar-refractivity contribution >= 4 is 40.6 Å². The predicted molar refractivity (Wildman–Crippen MR) is 67.0 cm³/mol. The highest BCUT2D eigenvalue weighted by atomic mass is 35.5. The van der Waals surface area contributed by atoms with Crippen molar-refractivity contribution in [3.05, 3.63) is 40.4 Å². The molecule has 1 heterocycles. The predicted octanol–water partition coefficient (Wildman–Crippen LogP) is 3.31. The SMILES string of the molecule is O=C(Cl)N1CCC(=Cc2ccc(Cl)cc2)C1=O. The monoisotopic (exact) mass is 269 g/mol. The number of carbonyl (C=O) groups is 2. The number of carbonyl (C=O) groups excluding carboxylic acids is 2. The maximum Gasteiger partial charge on any atom is 0.323 e. The number of benzene rings is 1. The van der Waals surface area contributed by atoms with Crippen LogP contribution in [0.15, 0.2) is 29.8 Å². The summed E-state index contributed by atoms with van der Waals surface area (Å²) in [5.41, 5.74) is 1.46. The number of nitrogens with zero attached hydrogens (tertiary/aromatic N) is 1. The number of rotatable bonds is 1. The van der Waals surface area contributed by atoms with Gasteiger partial charge in [0, 0.05) is 17.1 Å². The van der Waals surface area contributed by atoms with E-state index in [9.17, 15) is 9.59 Å². The standard InChI is InChI=1S/C12H9Cl2NO2/c13-10-3-1-8(2-4-10)7-9-5-6-15(11(9)16)12(14)17/h1-4,7H,5-6H2. The first kappa shape index (κ1) is 12.1. The summed E-state index contributed by atoms with van der Waals surface area (Å²) in [6, 6.07) is 7.12. The lowest BCUT2D eigenvalue weighted by Crippen LogP contribution is -2.27. The van der Waals surface area contributed by atoms with Crippen LogP contribution in [-0.4, -0.2) is 22.7 Å². The molecule has 0 saturated carbocycles. The minimum atomic E-state index is -0.727. The van der Waals surface area contributed by atoms with Crippen LogP contribution in [0.3, 0.4) is 0 Å². The van der Waals surface area contributed by atoms with E-state index in [1.54, 1.807) is 18.2 Å². The van der Waals surface area contributed by atoms with Gasteiger partial charge in [-0.25, -0.2) is 0 Å². The molecule has 3 nitrogen and oxygen atoms in total. The molecule has 1 aromatic carbocycles. The van der Waals surface area contributed by atoms with E-state index in [2.05, 4.69) is 0 Å². The van der Waals surface area contributed by atoms with Gasteiger partial charge in [0.2, 0.25) is 0 Å². The number of imide groups is 1. The molecule has 2 amide bonds. The van der Waals surface area contributed by atoms with Crippen molar-refractivity contribution < 1.29 is 9.59 Å². The second kappa shape index (κ2) is 4.90. The smallest absolute Gasteiger partial charge is 0.269 e. The summed E-state index contributed by atoms with van der Waals surface area (Å²) in [4.78, 5) is 23.7. The molecule has 1 aliphatic heterocycles. The van der Waals surface area contributed by atoms with Crippen LogP contribution >= 0.6 is 23.2 Å². The Kier molecular flexibility index (Phi) is 3.50. The highest BCUT2D eigenvalue weighted by Gasteiger charge is 2.29. The minimum absolute atomic E-state index is 0.319. The van der Waals surface area contributed by atoms with E-state index in [0.29, 0.717) is 23.6 Å². The maximum absolute atomic E-state index is 11.7. The fourth-order valence-corrected chi connectivity index (χ4v) is 1.96. The Morgan fingerprint density at radius 2 is 1.94 bits per heavy atom. The topological polar surface area (TPSA) is 37.4 Å². The average molecular weight is 270 g/mol. The summed E-state index contributed by atoms with van der Waals surface area (Å²) in [5, 5.41) is -0.0861. The summed E-state index contributed by atoms with van der Waals surface area (Å²) >= 11 is 11.1. The van der Waals surface area contributed by atoms with E-state index in [1.807, 2.05) is 12.1 Å². The first-order valence-electron chi connectivity index (χ1n) is 5.05. The molecular weight excluding hydrogens is 261 g/mol.